The molecule has 2 amide bonds. The normalized spacial score (nSPS) is 9.96. The fourth-order valence-electron chi connectivity index (χ4n) is 2.00. The van der Waals surface area contributed by atoms with E-state index in [0.29, 0.717) is 11.3 Å². The van der Waals surface area contributed by atoms with Gasteiger partial charge in [-0.25, -0.2) is 0 Å². The number of amides is 2. The van der Waals surface area contributed by atoms with Gasteiger partial charge in [-0.2, -0.15) is 0 Å². The zero-order chi connectivity index (χ0) is 18.2. The van der Waals surface area contributed by atoms with Gasteiger partial charge in [-0.3, -0.25) is 19.2 Å². The highest BCUT2D eigenvalue weighted by atomic mass is 16.5. The monoisotopic (exact) mass is 343 g/mol. The molecule has 2 aromatic rings. The van der Waals surface area contributed by atoms with Gasteiger partial charge in [0.1, 0.15) is 12.1 Å². The average Bonchev–Trinajstić information content (AvgIpc) is 2.61. The van der Waals surface area contributed by atoms with E-state index in [4.69, 9.17) is 0 Å². The molecule has 0 saturated carbocycles. The molecular weight excluding hydrogens is 326 g/mol. The van der Waals surface area contributed by atoms with Crippen molar-refractivity contribution in [1.29, 1.82) is 0 Å². The van der Waals surface area contributed by atoms with E-state index in [9.17, 15) is 19.2 Å². The fourth-order valence-corrected chi connectivity index (χ4v) is 2.00. The second kappa shape index (κ2) is 8.44. The topological polar surface area (TPSA) is 117 Å². The Morgan fingerprint density at radius 1 is 1.12 bits per heavy atom. The van der Waals surface area contributed by atoms with Gasteiger partial charge in [0.05, 0.1) is 13.5 Å². The number of carbonyl (C=O) groups excluding carboxylic acids is 3. The van der Waals surface area contributed by atoms with E-state index in [0.717, 1.165) is 0 Å². The van der Waals surface area contributed by atoms with Gasteiger partial charge in [0.2, 0.25) is 5.91 Å². The van der Waals surface area contributed by atoms with Crippen LogP contribution in [0.3, 0.4) is 0 Å². The molecule has 8 heteroatoms. The zero-order valence-corrected chi connectivity index (χ0v) is 13.5. The summed E-state index contributed by atoms with van der Waals surface area (Å²) in [6.07, 6.45) is 1.53. The molecule has 8 nitrogen and oxygen atoms in total. The van der Waals surface area contributed by atoms with Gasteiger partial charge in [0.25, 0.3) is 11.5 Å². The number of carbonyl (C=O) groups is 3. The highest BCUT2D eigenvalue weighted by molar-refractivity contribution is 6.03. The Bertz CT molecular complexity index is 827. The van der Waals surface area contributed by atoms with Crippen molar-refractivity contribution in [2.24, 2.45) is 0 Å². The van der Waals surface area contributed by atoms with Crippen LogP contribution >= 0.6 is 0 Å². The summed E-state index contributed by atoms with van der Waals surface area (Å²) in [6, 6.07) is 9.57. The van der Waals surface area contributed by atoms with E-state index in [1.165, 1.54) is 19.4 Å². The Labute approximate surface area is 143 Å². The molecule has 1 aromatic carbocycles. The van der Waals surface area contributed by atoms with Crippen LogP contribution in [-0.4, -0.2) is 36.4 Å². The summed E-state index contributed by atoms with van der Waals surface area (Å²) in [5.41, 5.74) is 0.734. The summed E-state index contributed by atoms with van der Waals surface area (Å²) >= 11 is 0. The number of H-pyrrole nitrogens is 1. The number of rotatable bonds is 6. The van der Waals surface area contributed by atoms with Crippen LogP contribution in [0.5, 0.6) is 0 Å². The predicted molar refractivity (Wildman–Crippen MR) is 90.2 cm³/mol. The molecular formula is C17H17N3O5. The maximum absolute atomic E-state index is 12.0. The van der Waals surface area contributed by atoms with Crippen LogP contribution in [0.15, 0.2) is 47.4 Å². The van der Waals surface area contributed by atoms with Crippen LogP contribution < -0.4 is 16.2 Å². The third-order valence-corrected chi connectivity index (χ3v) is 3.30. The smallest absolute Gasteiger partial charge is 0.325 e. The van der Waals surface area contributed by atoms with Crippen molar-refractivity contribution in [2.75, 3.05) is 19.0 Å². The molecule has 2 rings (SSSR count). The number of benzene rings is 1. The second-order valence-corrected chi connectivity index (χ2v) is 5.09. The van der Waals surface area contributed by atoms with Crippen LogP contribution in [0.25, 0.3) is 0 Å². The van der Waals surface area contributed by atoms with Gasteiger partial charge in [-0.1, -0.05) is 12.1 Å². The first-order chi connectivity index (χ1) is 12.0. The summed E-state index contributed by atoms with van der Waals surface area (Å²) in [4.78, 5) is 48.7. The van der Waals surface area contributed by atoms with Crippen molar-refractivity contribution in [3.63, 3.8) is 0 Å². The Morgan fingerprint density at radius 2 is 1.84 bits per heavy atom. The van der Waals surface area contributed by atoms with Gasteiger partial charge >= 0.3 is 5.97 Å². The standard InChI is InChI=1S/C17H17N3O5/c1-25-15(22)10-19-14(21)9-11-4-6-12(7-5-11)20-17(24)13-3-2-8-18-16(13)23/h2-8H,9-10H2,1H3,(H,18,23)(H,19,21)(H,20,24). The largest absolute Gasteiger partial charge is 0.468 e. The molecule has 0 atom stereocenters. The lowest BCUT2D eigenvalue weighted by atomic mass is 10.1. The molecule has 1 heterocycles. The van der Waals surface area contributed by atoms with E-state index in [2.05, 4.69) is 20.4 Å². The number of esters is 1. The Kier molecular flexibility index (Phi) is 6.05. The molecule has 0 aliphatic carbocycles. The zero-order valence-electron chi connectivity index (χ0n) is 13.5. The van der Waals surface area contributed by atoms with Crippen molar-refractivity contribution in [1.82, 2.24) is 10.3 Å². The van der Waals surface area contributed by atoms with Crippen LogP contribution in [0.2, 0.25) is 0 Å². The van der Waals surface area contributed by atoms with Gasteiger partial charge in [-0.05, 0) is 29.8 Å². The molecule has 1 aromatic heterocycles. The molecule has 0 aliphatic rings. The minimum atomic E-state index is -0.526. The number of nitrogens with one attached hydrogen (secondary N) is 3. The number of hydrogen-bond acceptors (Lipinski definition) is 5. The minimum Gasteiger partial charge on any atom is -0.468 e. The number of ether oxygens (including phenoxy) is 1. The molecule has 25 heavy (non-hydrogen) atoms. The van der Waals surface area contributed by atoms with E-state index in [1.807, 2.05) is 0 Å². The molecule has 0 unspecified atom stereocenters. The highest BCUT2D eigenvalue weighted by Gasteiger charge is 2.10. The molecule has 130 valence electrons. The van der Waals surface area contributed by atoms with E-state index >= 15 is 0 Å². The van der Waals surface area contributed by atoms with Crippen molar-refractivity contribution in [3.8, 4) is 0 Å². The van der Waals surface area contributed by atoms with Crippen LogP contribution in [-0.2, 0) is 20.7 Å². The molecule has 0 bridgehead atoms. The summed E-state index contributed by atoms with van der Waals surface area (Å²) in [7, 11) is 1.24. The number of aromatic nitrogens is 1. The highest BCUT2D eigenvalue weighted by Crippen LogP contribution is 2.11. The second-order valence-electron chi connectivity index (χ2n) is 5.09. The van der Waals surface area contributed by atoms with Crippen molar-refractivity contribution < 1.29 is 19.1 Å². The summed E-state index contributed by atoms with van der Waals surface area (Å²) < 4.78 is 4.43. The quantitative estimate of drug-likeness (QED) is 0.659. The van der Waals surface area contributed by atoms with E-state index in [1.54, 1.807) is 30.3 Å². The molecule has 0 saturated heterocycles. The number of aromatic amines is 1. The van der Waals surface area contributed by atoms with E-state index < -0.39 is 17.4 Å². The lowest BCUT2D eigenvalue weighted by Gasteiger charge is -2.07. The van der Waals surface area contributed by atoms with Crippen molar-refractivity contribution in [2.45, 2.75) is 6.42 Å². The number of pyridine rings is 1. The van der Waals surface area contributed by atoms with Gasteiger partial charge in [0, 0.05) is 11.9 Å². The van der Waals surface area contributed by atoms with Crippen LogP contribution in [0.4, 0.5) is 5.69 Å². The molecule has 0 aliphatic heterocycles. The number of anilines is 1. The average molecular weight is 343 g/mol. The fraction of sp³-hybridized carbons (Fsp3) is 0.176. The Balaban J connectivity index is 1.92. The van der Waals surface area contributed by atoms with Crippen LogP contribution in [0, 0.1) is 0 Å². The molecule has 0 radical (unpaired) electrons. The molecule has 3 N–H and O–H groups in total. The Morgan fingerprint density at radius 3 is 2.48 bits per heavy atom. The number of methoxy groups -OCH3 is 1. The summed E-state index contributed by atoms with van der Waals surface area (Å²) in [5, 5.41) is 5.04. The van der Waals surface area contributed by atoms with Gasteiger partial charge in [-0.15, -0.1) is 0 Å². The third kappa shape index (κ3) is 5.31. The first-order valence-corrected chi connectivity index (χ1v) is 7.41. The van der Waals surface area contributed by atoms with E-state index in [-0.39, 0.29) is 24.4 Å². The molecule has 0 fully saturated rings. The number of hydrogen-bond donors (Lipinski definition) is 3. The SMILES string of the molecule is COC(=O)CNC(=O)Cc1ccc(NC(=O)c2ccc[nH]c2=O)cc1. The lowest BCUT2D eigenvalue weighted by molar-refractivity contribution is -0.141. The predicted octanol–water partition coefficient (Wildman–Crippen LogP) is 0.459. The van der Waals surface area contributed by atoms with Crippen molar-refractivity contribution >= 4 is 23.5 Å². The van der Waals surface area contributed by atoms with Gasteiger partial charge in [0.15, 0.2) is 0 Å². The molecule has 0 spiro atoms. The maximum atomic E-state index is 12.0. The maximum Gasteiger partial charge on any atom is 0.325 e. The summed E-state index contributed by atoms with van der Waals surface area (Å²) in [5.74, 6) is -1.37. The Hall–Kier alpha value is -3.42. The lowest BCUT2D eigenvalue weighted by Crippen LogP contribution is -2.31. The van der Waals surface area contributed by atoms with Gasteiger partial charge < -0.3 is 20.4 Å². The minimum absolute atomic E-state index is 0.00812. The first kappa shape index (κ1) is 17.9. The van der Waals surface area contributed by atoms with Crippen molar-refractivity contribution in [3.05, 3.63) is 64.1 Å². The van der Waals surface area contributed by atoms with Crippen LogP contribution in [0.1, 0.15) is 15.9 Å². The third-order valence-electron chi connectivity index (χ3n) is 3.30. The summed E-state index contributed by atoms with van der Waals surface area (Å²) in [6.45, 7) is -0.185. The first-order valence-electron chi connectivity index (χ1n) is 7.41.